The molecule has 0 fully saturated rings. The van der Waals surface area contributed by atoms with Crippen LogP contribution in [-0.4, -0.2) is 47.0 Å². The van der Waals surface area contributed by atoms with Crippen LogP contribution in [0, 0.1) is 0 Å². The minimum absolute atomic E-state index is 0.222. The highest BCUT2D eigenvalue weighted by atomic mass is 16.4. The van der Waals surface area contributed by atoms with E-state index in [4.69, 9.17) is 5.73 Å². The fourth-order valence-electron chi connectivity index (χ4n) is 6.45. The molecule has 1 aliphatic carbocycles. The van der Waals surface area contributed by atoms with Gasteiger partial charge in [-0.05, 0) is 60.3 Å². The summed E-state index contributed by atoms with van der Waals surface area (Å²) in [5.41, 5.74) is 8.41. The van der Waals surface area contributed by atoms with E-state index in [0.717, 1.165) is 48.7 Å². The molecule has 0 aliphatic heterocycles. The molecule has 8 heteroatoms. The first-order valence-electron chi connectivity index (χ1n) is 12.1. The van der Waals surface area contributed by atoms with Crippen molar-refractivity contribution in [3.05, 3.63) is 84.4 Å². The predicted molar refractivity (Wildman–Crippen MR) is 142 cm³/mol. The molecule has 0 radical (unpaired) electrons. The van der Waals surface area contributed by atoms with Crippen molar-refractivity contribution in [1.82, 2.24) is 19.5 Å². The molecule has 7 aromatic rings. The number of nitrogens with two attached hydrogens (primary N) is 1. The van der Waals surface area contributed by atoms with Crippen molar-refractivity contribution in [3.8, 4) is 0 Å². The maximum atomic E-state index is 11.5. The number of benzene rings is 5. The Morgan fingerprint density at radius 2 is 1.49 bits per heavy atom. The van der Waals surface area contributed by atoms with Crippen LogP contribution in [0.25, 0.3) is 54.3 Å². The van der Waals surface area contributed by atoms with E-state index in [9.17, 15) is 15.3 Å². The second-order valence-corrected chi connectivity index (χ2v) is 9.82. The highest BCUT2D eigenvalue weighted by Gasteiger charge is 2.44. The van der Waals surface area contributed by atoms with Gasteiger partial charge in [-0.25, -0.2) is 15.0 Å². The number of hydrogen-bond donors (Lipinski definition) is 4. The fraction of sp³-hybridized carbons (Fsp3) is 0.138. The van der Waals surface area contributed by atoms with Crippen LogP contribution in [0.5, 0.6) is 0 Å². The molecule has 2 aromatic heterocycles. The number of anilines is 1. The molecule has 37 heavy (non-hydrogen) atoms. The van der Waals surface area contributed by atoms with Gasteiger partial charge in [-0.2, -0.15) is 0 Å². The topological polar surface area (TPSA) is 130 Å². The second-order valence-electron chi connectivity index (χ2n) is 9.82. The molecule has 0 saturated carbocycles. The highest BCUT2D eigenvalue weighted by molar-refractivity contribution is 6.34. The van der Waals surface area contributed by atoms with E-state index in [1.807, 2.05) is 18.2 Å². The molecule has 8 rings (SSSR count). The van der Waals surface area contributed by atoms with Crippen LogP contribution in [0.15, 0.2) is 73.3 Å². The van der Waals surface area contributed by atoms with Crippen LogP contribution in [-0.2, 0) is 0 Å². The van der Waals surface area contributed by atoms with Gasteiger partial charge in [0.15, 0.2) is 11.5 Å². The number of aliphatic hydroxyl groups is 3. The summed E-state index contributed by atoms with van der Waals surface area (Å²) in [4.78, 5) is 12.8. The van der Waals surface area contributed by atoms with Crippen LogP contribution < -0.4 is 5.73 Å². The maximum absolute atomic E-state index is 11.5. The van der Waals surface area contributed by atoms with Gasteiger partial charge in [0.05, 0.1) is 12.4 Å². The molecule has 4 atom stereocenters. The Morgan fingerprint density at radius 1 is 0.730 bits per heavy atom. The first kappa shape index (κ1) is 20.8. The number of aromatic nitrogens is 4. The molecular weight excluding hydrogens is 466 g/mol. The molecule has 5 aromatic carbocycles. The van der Waals surface area contributed by atoms with Crippen LogP contribution in [0.4, 0.5) is 5.82 Å². The molecule has 180 valence electrons. The molecule has 2 heterocycles. The lowest BCUT2D eigenvalue weighted by molar-refractivity contribution is -0.0833. The lowest BCUT2D eigenvalue weighted by Gasteiger charge is -2.39. The summed E-state index contributed by atoms with van der Waals surface area (Å²) < 4.78 is 1.73. The Hall–Kier alpha value is -4.37. The third kappa shape index (κ3) is 2.54. The minimum atomic E-state index is -1.42. The van der Waals surface area contributed by atoms with Crippen molar-refractivity contribution in [3.63, 3.8) is 0 Å². The van der Waals surface area contributed by atoms with Gasteiger partial charge in [0.2, 0.25) is 0 Å². The van der Waals surface area contributed by atoms with Crippen molar-refractivity contribution >= 4 is 60.1 Å². The quantitative estimate of drug-likeness (QED) is 0.205. The average Bonchev–Trinajstić information content (AvgIpc) is 3.36. The van der Waals surface area contributed by atoms with E-state index in [2.05, 4.69) is 57.4 Å². The smallest absolute Gasteiger partial charge is 0.182 e. The fourth-order valence-corrected chi connectivity index (χ4v) is 6.45. The Morgan fingerprint density at radius 3 is 2.35 bits per heavy atom. The lowest BCUT2D eigenvalue weighted by atomic mass is 9.76. The van der Waals surface area contributed by atoms with Gasteiger partial charge in [-0.3, -0.25) is 0 Å². The Labute approximate surface area is 209 Å². The van der Waals surface area contributed by atoms with Crippen LogP contribution in [0.1, 0.15) is 23.3 Å². The van der Waals surface area contributed by atoms with Gasteiger partial charge in [0.1, 0.15) is 30.2 Å². The zero-order valence-electron chi connectivity index (χ0n) is 19.4. The van der Waals surface area contributed by atoms with Gasteiger partial charge in [0, 0.05) is 0 Å². The van der Waals surface area contributed by atoms with Crippen molar-refractivity contribution < 1.29 is 15.3 Å². The maximum Gasteiger partial charge on any atom is 0.182 e. The van der Waals surface area contributed by atoms with E-state index in [-0.39, 0.29) is 5.82 Å². The van der Waals surface area contributed by atoms with Crippen LogP contribution in [0.3, 0.4) is 0 Å². The molecule has 0 bridgehead atoms. The molecule has 0 saturated heterocycles. The van der Waals surface area contributed by atoms with Crippen molar-refractivity contribution in [2.75, 3.05) is 5.73 Å². The third-order valence-corrected chi connectivity index (χ3v) is 8.01. The summed E-state index contributed by atoms with van der Waals surface area (Å²) in [6, 6.07) is 19.8. The van der Waals surface area contributed by atoms with Gasteiger partial charge >= 0.3 is 0 Å². The Balaban J connectivity index is 1.63. The summed E-state index contributed by atoms with van der Waals surface area (Å²) in [5, 5.41) is 42.2. The monoisotopic (exact) mass is 487 g/mol. The van der Waals surface area contributed by atoms with Crippen molar-refractivity contribution in [1.29, 1.82) is 0 Å². The number of fused-ring (bicyclic) bond motifs is 6. The third-order valence-electron chi connectivity index (χ3n) is 8.01. The predicted octanol–water partition coefficient (Wildman–Crippen LogP) is 3.82. The molecule has 1 unspecified atom stereocenters. The van der Waals surface area contributed by atoms with E-state index < -0.39 is 24.4 Å². The summed E-state index contributed by atoms with van der Waals surface area (Å²) in [6.07, 6.45) is -1.11. The van der Waals surface area contributed by atoms with Crippen LogP contribution >= 0.6 is 0 Å². The van der Waals surface area contributed by atoms with Gasteiger partial charge in [-0.15, -0.1) is 0 Å². The molecule has 0 spiro atoms. The van der Waals surface area contributed by atoms with E-state index in [0.29, 0.717) is 16.7 Å². The van der Waals surface area contributed by atoms with Gasteiger partial charge in [-0.1, -0.05) is 54.6 Å². The minimum Gasteiger partial charge on any atom is -0.388 e. The molecule has 5 N–H and O–H groups in total. The molecular formula is C29H21N5O3. The number of aliphatic hydroxyl groups excluding tert-OH is 3. The Bertz CT molecular complexity index is 2030. The van der Waals surface area contributed by atoms with E-state index in [1.165, 1.54) is 6.33 Å². The van der Waals surface area contributed by atoms with Gasteiger partial charge in [0.25, 0.3) is 0 Å². The van der Waals surface area contributed by atoms with Crippen molar-refractivity contribution in [2.45, 2.75) is 24.4 Å². The molecule has 1 aliphatic rings. The van der Waals surface area contributed by atoms with Gasteiger partial charge < -0.3 is 25.6 Å². The summed E-state index contributed by atoms with van der Waals surface area (Å²) in [7, 11) is 0. The Kier molecular flexibility index (Phi) is 3.99. The second kappa shape index (κ2) is 7.10. The van der Waals surface area contributed by atoms with E-state index in [1.54, 1.807) is 10.9 Å². The largest absolute Gasteiger partial charge is 0.388 e. The number of nitrogen functional groups attached to an aromatic ring is 1. The van der Waals surface area contributed by atoms with Crippen LogP contribution in [0.2, 0.25) is 0 Å². The lowest BCUT2D eigenvalue weighted by Crippen LogP contribution is -2.44. The molecule has 8 nitrogen and oxygen atoms in total. The number of rotatable bonds is 1. The average molecular weight is 488 g/mol. The molecule has 0 amide bonds. The number of imidazole rings is 1. The number of nitrogens with zero attached hydrogens (tertiary/aromatic N) is 4. The SMILES string of the molecule is Nc1ncnc2ncn(C3c4c(cc5ccc6cccc7c8ccccc8c4c5c67)[C@H](O)[C@@H](O)[C@@H]3O)c12. The first-order valence-corrected chi connectivity index (χ1v) is 12.1. The normalized spacial score (nSPS) is 22.0. The number of hydrogen-bond acceptors (Lipinski definition) is 7. The zero-order valence-corrected chi connectivity index (χ0v) is 19.4. The van der Waals surface area contributed by atoms with E-state index >= 15 is 0 Å². The first-order chi connectivity index (χ1) is 18.0. The summed E-state index contributed by atoms with van der Waals surface area (Å²) >= 11 is 0. The standard InChI is InChI=1S/C29H21N5O3/c30-28-24-29(32-11-31-28)33-12-34(24)23-22-18(25(35)27(37)26(23)36)10-14-9-8-13-4-3-7-16-15-5-1-2-6-17(15)21(22)20(14)19(13)16/h1-12,23,25-27,35-37H,(H2,30,31,32)/t23?,25-,26+,27+/m0/s1. The highest BCUT2D eigenvalue weighted by Crippen LogP contribution is 2.50. The summed E-state index contributed by atoms with van der Waals surface area (Å²) in [5.74, 6) is 0.222. The zero-order chi connectivity index (χ0) is 25.0. The summed E-state index contributed by atoms with van der Waals surface area (Å²) in [6.45, 7) is 0. The van der Waals surface area contributed by atoms with Crippen molar-refractivity contribution in [2.24, 2.45) is 0 Å².